The number of carbonyl (C=O) groups excluding carboxylic acids is 2. The molecule has 0 heterocycles. The average Bonchev–Trinajstić information content (AvgIpc) is 3.29. The Kier molecular flexibility index (Phi) is 5.03. The molecule has 0 aromatic heterocycles. The molecule has 1 aromatic rings. The van der Waals surface area contributed by atoms with Crippen LogP contribution in [-0.2, 0) is 16.0 Å². The van der Waals surface area contributed by atoms with Crippen molar-refractivity contribution in [3.8, 4) is 11.5 Å². The van der Waals surface area contributed by atoms with E-state index in [1.54, 1.807) is 32.4 Å². The lowest BCUT2D eigenvalue weighted by molar-refractivity contribution is -0.125. The van der Waals surface area contributed by atoms with Crippen LogP contribution in [0.5, 0.6) is 11.5 Å². The molecule has 2 N–H and O–H groups in total. The standard InChI is InChI=1S/C15H20N2O4/c1-20-12-6-3-10(13(8-12)21-2)7-14(18)16-9-15(19)17-11-4-5-11/h3,6,8,11H,4-5,7,9H2,1-2H3,(H,16,18)(H,17,19). The fraction of sp³-hybridized carbons (Fsp3) is 0.467. The number of ether oxygens (including phenoxy) is 2. The Morgan fingerprint density at radius 3 is 2.57 bits per heavy atom. The smallest absolute Gasteiger partial charge is 0.239 e. The molecule has 1 aliphatic rings. The molecule has 0 spiro atoms. The van der Waals surface area contributed by atoms with E-state index in [0.29, 0.717) is 17.5 Å². The minimum absolute atomic E-state index is 0.00774. The van der Waals surface area contributed by atoms with Gasteiger partial charge in [-0.2, -0.15) is 0 Å². The second-order valence-corrected chi connectivity index (χ2v) is 4.97. The number of hydrogen-bond donors (Lipinski definition) is 2. The maximum Gasteiger partial charge on any atom is 0.239 e. The van der Waals surface area contributed by atoms with Crippen molar-refractivity contribution in [3.63, 3.8) is 0 Å². The molecule has 2 rings (SSSR count). The van der Waals surface area contributed by atoms with Crippen molar-refractivity contribution in [2.45, 2.75) is 25.3 Å². The van der Waals surface area contributed by atoms with Crippen LogP contribution in [0.15, 0.2) is 18.2 Å². The summed E-state index contributed by atoms with van der Waals surface area (Å²) in [5.74, 6) is 0.892. The number of nitrogens with one attached hydrogen (secondary N) is 2. The van der Waals surface area contributed by atoms with Crippen LogP contribution in [0.25, 0.3) is 0 Å². The second kappa shape index (κ2) is 6.97. The third-order valence-corrected chi connectivity index (χ3v) is 3.23. The van der Waals surface area contributed by atoms with Gasteiger partial charge in [0.1, 0.15) is 11.5 Å². The topological polar surface area (TPSA) is 76.7 Å². The highest BCUT2D eigenvalue weighted by Gasteiger charge is 2.23. The number of carbonyl (C=O) groups is 2. The van der Waals surface area contributed by atoms with E-state index in [2.05, 4.69) is 10.6 Å². The van der Waals surface area contributed by atoms with Crippen molar-refractivity contribution in [2.75, 3.05) is 20.8 Å². The Morgan fingerprint density at radius 1 is 1.19 bits per heavy atom. The van der Waals surface area contributed by atoms with Crippen LogP contribution in [0.3, 0.4) is 0 Å². The molecule has 0 unspecified atom stereocenters. The lowest BCUT2D eigenvalue weighted by Gasteiger charge is -2.10. The monoisotopic (exact) mass is 292 g/mol. The van der Waals surface area contributed by atoms with Crippen molar-refractivity contribution >= 4 is 11.8 Å². The van der Waals surface area contributed by atoms with Gasteiger partial charge >= 0.3 is 0 Å². The van der Waals surface area contributed by atoms with E-state index >= 15 is 0 Å². The minimum Gasteiger partial charge on any atom is -0.497 e. The van der Waals surface area contributed by atoms with Crippen LogP contribution < -0.4 is 20.1 Å². The summed E-state index contributed by atoms with van der Waals surface area (Å²) in [5, 5.41) is 5.42. The molecule has 114 valence electrons. The first-order chi connectivity index (χ1) is 10.1. The number of hydrogen-bond acceptors (Lipinski definition) is 4. The van der Waals surface area contributed by atoms with E-state index in [0.717, 1.165) is 18.4 Å². The third-order valence-electron chi connectivity index (χ3n) is 3.23. The van der Waals surface area contributed by atoms with E-state index in [1.807, 2.05) is 0 Å². The SMILES string of the molecule is COc1ccc(CC(=O)NCC(=O)NC2CC2)c(OC)c1. The van der Waals surface area contributed by atoms with Crippen molar-refractivity contribution in [1.29, 1.82) is 0 Å². The quantitative estimate of drug-likeness (QED) is 0.773. The van der Waals surface area contributed by atoms with Gasteiger partial charge in [-0.3, -0.25) is 9.59 Å². The molecule has 1 aromatic carbocycles. The van der Waals surface area contributed by atoms with Gasteiger partial charge in [0.15, 0.2) is 0 Å². The molecule has 1 aliphatic carbocycles. The lowest BCUT2D eigenvalue weighted by Crippen LogP contribution is -2.38. The highest BCUT2D eigenvalue weighted by Crippen LogP contribution is 2.24. The van der Waals surface area contributed by atoms with E-state index in [1.165, 1.54) is 0 Å². The van der Waals surface area contributed by atoms with Crippen LogP contribution in [0, 0.1) is 0 Å². The van der Waals surface area contributed by atoms with Crippen LogP contribution in [0.2, 0.25) is 0 Å². The van der Waals surface area contributed by atoms with Crippen molar-refractivity contribution in [1.82, 2.24) is 10.6 Å². The number of rotatable bonds is 7. The fourth-order valence-corrected chi connectivity index (χ4v) is 1.92. The van der Waals surface area contributed by atoms with Gasteiger partial charge in [-0.15, -0.1) is 0 Å². The summed E-state index contributed by atoms with van der Waals surface area (Å²) in [7, 11) is 3.11. The van der Waals surface area contributed by atoms with Gasteiger partial charge < -0.3 is 20.1 Å². The molecule has 0 aliphatic heterocycles. The molecular formula is C15H20N2O4. The zero-order valence-corrected chi connectivity index (χ0v) is 12.3. The van der Waals surface area contributed by atoms with E-state index in [9.17, 15) is 9.59 Å². The van der Waals surface area contributed by atoms with Gasteiger partial charge in [0, 0.05) is 17.7 Å². The molecule has 0 saturated heterocycles. The van der Waals surface area contributed by atoms with Crippen LogP contribution in [-0.4, -0.2) is 38.6 Å². The van der Waals surface area contributed by atoms with E-state index in [-0.39, 0.29) is 24.8 Å². The molecule has 1 fully saturated rings. The van der Waals surface area contributed by atoms with E-state index in [4.69, 9.17) is 9.47 Å². The zero-order valence-electron chi connectivity index (χ0n) is 12.3. The molecule has 6 heteroatoms. The molecule has 0 atom stereocenters. The largest absolute Gasteiger partial charge is 0.497 e. The number of amides is 2. The third kappa shape index (κ3) is 4.66. The molecule has 0 bridgehead atoms. The Morgan fingerprint density at radius 2 is 1.95 bits per heavy atom. The normalized spacial score (nSPS) is 13.4. The van der Waals surface area contributed by atoms with Gasteiger partial charge in [-0.25, -0.2) is 0 Å². The maximum atomic E-state index is 11.9. The van der Waals surface area contributed by atoms with Crippen LogP contribution >= 0.6 is 0 Å². The molecule has 6 nitrogen and oxygen atoms in total. The number of benzene rings is 1. The summed E-state index contributed by atoms with van der Waals surface area (Å²) in [6.07, 6.45) is 2.22. The Balaban J connectivity index is 1.85. The second-order valence-electron chi connectivity index (χ2n) is 4.97. The fourth-order valence-electron chi connectivity index (χ4n) is 1.92. The molecule has 2 amide bonds. The van der Waals surface area contributed by atoms with Gasteiger partial charge in [0.2, 0.25) is 11.8 Å². The summed E-state index contributed by atoms with van der Waals surface area (Å²) >= 11 is 0. The lowest BCUT2D eigenvalue weighted by atomic mass is 10.1. The summed E-state index contributed by atoms with van der Waals surface area (Å²) < 4.78 is 10.3. The summed E-state index contributed by atoms with van der Waals surface area (Å²) in [4.78, 5) is 23.4. The first-order valence-corrected chi connectivity index (χ1v) is 6.89. The van der Waals surface area contributed by atoms with Crippen molar-refractivity contribution in [3.05, 3.63) is 23.8 Å². The predicted molar refractivity (Wildman–Crippen MR) is 77.4 cm³/mol. The van der Waals surface area contributed by atoms with E-state index < -0.39 is 0 Å². The van der Waals surface area contributed by atoms with Gasteiger partial charge in [-0.1, -0.05) is 6.07 Å². The summed E-state index contributed by atoms with van der Waals surface area (Å²) in [6.45, 7) is 0.00774. The van der Waals surface area contributed by atoms with Crippen LogP contribution in [0.4, 0.5) is 0 Å². The Labute approximate surface area is 123 Å². The summed E-state index contributed by atoms with van der Waals surface area (Å²) in [5.41, 5.74) is 0.749. The molecule has 1 saturated carbocycles. The Bertz CT molecular complexity index is 526. The van der Waals surface area contributed by atoms with Gasteiger partial charge in [0.05, 0.1) is 27.2 Å². The van der Waals surface area contributed by atoms with Gasteiger partial charge in [0.25, 0.3) is 0 Å². The highest BCUT2D eigenvalue weighted by molar-refractivity contribution is 5.86. The minimum atomic E-state index is -0.218. The first kappa shape index (κ1) is 15.2. The highest BCUT2D eigenvalue weighted by atomic mass is 16.5. The van der Waals surface area contributed by atoms with Crippen molar-refractivity contribution in [2.24, 2.45) is 0 Å². The summed E-state index contributed by atoms with van der Waals surface area (Å²) in [6, 6.07) is 5.57. The Hall–Kier alpha value is -2.24. The molecule has 21 heavy (non-hydrogen) atoms. The average molecular weight is 292 g/mol. The maximum absolute atomic E-state index is 11.9. The van der Waals surface area contributed by atoms with Crippen molar-refractivity contribution < 1.29 is 19.1 Å². The van der Waals surface area contributed by atoms with Crippen LogP contribution in [0.1, 0.15) is 18.4 Å². The number of methoxy groups -OCH3 is 2. The first-order valence-electron chi connectivity index (χ1n) is 6.89. The zero-order chi connectivity index (χ0) is 15.2. The molecule has 0 radical (unpaired) electrons. The molecular weight excluding hydrogens is 272 g/mol. The predicted octanol–water partition coefficient (Wildman–Crippen LogP) is 0.641. The van der Waals surface area contributed by atoms with Gasteiger partial charge in [-0.05, 0) is 18.9 Å².